The Hall–Kier alpha value is -2.69. The fourth-order valence-corrected chi connectivity index (χ4v) is 8.60. The van der Waals surface area contributed by atoms with Gasteiger partial charge in [-0.2, -0.15) is 0 Å². The van der Waals surface area contributed by atoms with E-state index in [1.165, 1.54) is 39.1 Å². The fourth-order valence-electron chi connectivity index (χ4n) is 4.44. The van der Waals surface area contributed by atoms with Crippen molar-refractivity contribution in [3.05, 3.63) is 126 Å². The molecule has 0 nitrogen and oxygen atoms in total. The van der Waals surface area contributed by atoms with Crippen LogP contribution in [0, 0.1) is 0 Å². The summed E-state index contributed by atoms with van der Waals surface area (Å²) in [7, 11) is -1.78. The van der Waals surface area contributed by atoms with Gasteiger partial charge in [-0.1, -0.05) is 83.5 Å². The molecule has 0 amide bonds. The Morgan fingerprint density at radius 1 is 0.529 bits per heavy atom. The molecule has 1 heteroatoms. The molecule has 0 aliphatic rings. The zero-order valence-corrected chi connectivity index (χ0v) is 22.3. The van der Waals surface area contributed by atoms with Crippen molar-refractivity contribution in [1.29, 1.82) is 0 Å². The molecule has 0 unspecified atom stereocenters. The molecular formula is C33H40P+. The smallest absolute Gasteiger partial charge is 0.0856 e. The summed E-state index contributed by atoms with van der Waals surface area (Å²) in [5.41, 5.74) is 4.40. The fraction of sp³-hybridized carbons (Fsp3) is 0.273. The first-order valence-corrected chi connectivity index (χ1v) is 14.5. The number of allylic oxidation sites excluding steroid dienone is 6. The highest BCUT2D eigenvalue weighted by Gasteiger charge is 2.44. The Bertz CT molecular complexity index is 988. The van der Waals surface area contributed by atoms with Crippen molar-refractivity contribution in [1.82, 2.24) is 0 Å². The number of benzene rings is 3. The number of hydrogen-bond acceptors (Lipinski definition) is 0. The molecule has 176 valence electrons. The van der Waals surface area contributed by atoms with Crippen LogP contribution in [0.1, 0.15) is 53.4 Å². The van der Waals surface area contributed by atoms with Gasteiger partial charge >= 0.3 is 0 Å². The third-order valence-electron chi connectivity index (χ3n) is 6.43. The Balaban J connectivity index is 1.87. The van der Waals surface area contributed by atoms with Crippen molar-refractivity contribution in [2.45, 2.75) is 53.4 Å². The monoisotopic (exact) mass is 467 g/mol. The molecule has 0 N–H and O–H groups in total. The molecule has 0 saturated carbocycles. The van der Waals surface area contributed by atoms with E-state index in [4.69, 9.17) is 0 Å². The van der Waals surface area contributed by atoms with Gasteiger partial charge in [-0.3, -0.25) is 0 Å². The largest absolute Gasteiger partial charge is 0.115 e. The summed E-state index contributed by atoms with van der Waals surface area (Å²) in [5.74, 6) is 0. The summed E-state index contributed by atoms with van der Waals surface area (Å²) in [4.78, 5) is 0. The Labute approximate surface area is 208 Å². The lowest BCUT2D eigenvalue weighted by molar-refractivity contribution is 0.917. The first kappa shape index (κ1) is 25.9. The second kappa shape index (κ2) is 13.3. The zero-order valence-electron chi connectivity index (χ0n) is 21.4. The van der Waals surface area contributed by atoms with Crippen molar-refractivity contribution in [3.8, 4) is 0 Å². The zero-order chi connectivity index (χ0) is 24.2. The van der Waals surface area contributed by atoms with Crippen molar-refractivity contribution in [3.63, 3.8) is 0 Å². The second-order valence-corrected chi connectivity index (χ2v) is 13.0. The molecule has 0 aliphatic heterocycles. The minimum atomic E-state index is -1.78. The molecule has 0 spiro atoms. The molecule has 34 heavy (non-hydrogen) atoms. The van der Waals surface area contributed by atoms with Crippen LogP contribution in [0.3, 0.4) is 0 Å². The molecule has 0 heterocycles. The van der Waals surface area contributed by atoms with E-state index in [0.717, 1.165) is 25.4 Å². The molecule has 3 rings (SSSR count). The maximum Gasteiger partial charge on any atom is 0.115 e. The quantitative estimate of drug-likeness (QED) is 0.196. The van der Waals surface area contributed by atoms with E-state index < -0.39 is 7.26 Å². The van der Waals surface area contributed by atoms with E-state index in [1.807, 2.05) is 0 Å². The summed E-state index contributed by atoms with van der Waals surface area (Å²) >= 11 is 0. The van der Waals surface area contributed by atoms with Crippen molar-refractivity contribution in [2.24, 2.45) is 0 Å². The minimum Gasteiger partial charge on any atom is -0.0856 e. The number of rotatable bonds is 11. The summed E-state index contributed by atoms with van der Waals surface area (Å²) in [6, 6.07) is 33.5. The maximum atomic E-state index is 2.52. The maximum absolute atomic E-state index is 2.52. The van der Waals surface area contributed by atoms with E-state index in [-0.39, 0.29) is 0 Å². The Kier molecular flexibility index (Phi) is 10.1. The standard InChI is InChI=1S/C33H40P/c1-28(2)16-14-17-29(3)18-15-19-30(4)26-27-34(31-20-8-5-9-21-31,32-22-10-6-11-23-32)33-24-12-7-13-25-33/h5-13,16,18,20-26H,14-15,17,19,27H2,1-4H3/q+1. The highest BCUT2D eigenvalue weighted by Crippen LogP contribution is 2.55. The van der Waals surface area contributed by atoms with Gasteiger partial charge in [-0.15, -0.1) is 0 Å². The van der Waals surface area contributed by atoms with Crippen LogP contribution in [0.2, 0.25) is 0 Å². The predicted octanol–water partition coefficient (Wildman–Crippen LogP) is 8.40. The van der Waals surface area contributed by atoms with E-state index in [0.29, 0.717) is 0 Å². The predicted molar refractivity (Wildman–Crippen MR) is 155 cm³/mol. The van der Waals surface area contributed by atoms with Gasteiger partial charge in [-0.25, -0.2) is 0 Å². The van der Waals surface area contributed by atoms with Gasteiger partial charge in [0.2, 0.25) is 0 Å². The summed E-state index contributed by atoms with van der Waals surface area (Å²) in [6.07, 6.45) is 12.9. The lowest BCUT2D eigenvalue weighted by Gasteiger charge is -2.27. The molecular weight excluding hydrogens is 427 g/mol. The summed E-state index contributed by atoms with van der Waals surface area (Å²) < 4.78 is 0. The first-order chi connectivity index (χ1) is 16.5. The SMILES string of the molecule is CC(C)=CCCC(C)=CCCC(C)=CC[P+](c1ccccc1)(c1ccccc1)c1ccccc1. The van der Waals surface area contributed by atoms with Gasteiger partial charge in [0.05, 0.1) is 6.16 Å². The van der Waals surface area contributed by atoms with E-state index in [1.54, 1.807) is 0 Å². The second-order valence-electron chi connectivity index (χ2n) is 9.46. The average molecular weight is 468 g/mol. The minimum absolute atomic E-state index is 1.06. The van der Waals surface area contributed by atoms with E-state index >= 15 is 0 Å². The molecule has 3 aromatic carbocycles. The number of hydrogen-bond donors (Lipinski definition) is 0. The van der Waals surface area contributed by atoms with Crippen LogP contribution in [0.5, 0.6) is 0 Å². The lowest BCUT2D eigenvalue weighted by atomic mass is 10.1. The molecule has 0 bridgehead atoms. The molecule has 0 atom stereocenters. The third kappa shape index (κ3) is 7.15. The highest BCUT2D eigenvalue weighted by molar-refractivity contribution is 7.95. The Morgan fingerprint density at radius 2 is 0.912 bits per heavy atom. The molecule has 0 aromatic heterocycles. The topological polar surface area (TPSA) is 0 Å². The molecule has 0 radical (unpaired) electrons. The van der Waals surface area contributed by atoms with Crippen LogP contribution in [0.4, 0.5) is 0 Å². The van der Waals surface area contributed by atoms with Crippen LogP contribution in [-0.2, 0) is 0 Å². The van der Waals surface area contributed by atoms with Crippen LogP contribution in [-0.4, -0.2) is 6.16 Å². The summed E-state index contributed by atoms with van der Waals surface area (Å²) in [5, 5.41) is 4.35. The summed E-state index contributed by atoms with van der Waals surface area (Å²) in [6.45, 7) is 8.93. The van der Waals surface area contributed by atoms with Gasteiger partial charge in [-0.05, 0) is 95.9 Å². The third-order valence-corrected chi connectivity index (χ3v) is 10.7. The molecule has 0 aliphatic carbocycles. The van der Waals surface area contributed by atoms with Gasteiger partial charge < -0.3 is 0 Å². The average Bonchev–Trinajstić information content (AvgIpc) is 2.86. The van der Waals surface area contributed by atoms with Crippen molar-refractivity contribution < 1.29 is 0 Å². The van der Waals surface area contributed by atoms with Crippen LogP contribution in [0.15, 0.2) is 126 Å². The molecule has 3 aromatic rings. The highest BCUT2D eigenvalue weighted by atomic mass is 31.2. The van der Waals surface area contributed by atoms with Gasteiger partial charge in [0.15, 0.2) is 0 Å². The first-order valence-electron chi connectivity index (χ1n) is 12.5. The Morgan fingerprint density at radius 3 is 1.32 bits per heavy atom. The lowest BCUT2D eigenvalue weighted by Crippen LogP contribution is -2.33. The van der Waals surface area contributed by atoms with Crippen LogP contribution >= 0.6 is 7.26 Å². The van der Waals surface area contributed by atoms with Crippen LogP contribution in [0.25, 0.3) is 0 Å². The van der Waals surface area contributed by atoms with Gasteiger partial charge in [0.1, 0.15) is 23.2 Å². The molecule has 0 fully saturated rings. The normalized spacial score (nSPS) is 12.5. The van der Waals surface area contributed by atoms with Gasteiger partial charge in [0.25, 0.3) is 0 Å². The van der Waals surface area contributed by atoms with Gasteiger partial charge in [0, 0.05) is 0 Å². The van der Waals surface area contributed by atoms with Crippen molar-refractivity contribution >= 4 is 23.2 Å². The molecule has 0 saturated heterocycles. The van der Waals surface area contributed by atoms with Crippen LogP contribution < -0.4 is 15.9 Å². The van der Waals surface area contributed by atoms with E-state index in [2.05, 4.69) is 137 Å². The van der Waals surface area contributed by atoms with Crippen molar-refractivity contribution in [2.75, 3.05) is 6.16 Å². The van der Waals surface area contributed by atoms with E-state index in [9.17, 15) is 0 Å².